The Morgan fingerprint density at radius 1 is 0.259 bits per heavy atom. The molecular formula is C75H128O6. The second kappa shape index (κ2) is 68.6. The predicted molar refractivity (Wildman–Crippen MR) is 353 cm³/mol. The van der Waals surface area contributed by atoms with Gasteiger partial charge in [-0.3, -0.25) is 14.4 Å². The molecule has 0 aliphatic carbocycles. The number of hydrogen-bond acceptors (Lipinski definition) is 6. The fraction of sp³-hybridized carbons (Fsp3) is 0.720. The molecule has 1 unspecified atom stereocenters. The maximum Gasteiger partial charge on any atom is 0.306 e. The molecule has 0 aromatic rings. The highest BCUT2D eigenvalue weighted by Gasteiger charge is 2.19. The SMILES string of the molecule is CC/C=C\C/C=C\C/C=C\C/C=C\C/C=C\C/C=C\CCCCCCC(=O)OC(COC(=O)CCCCCCC/C=C\C/C=C\CCCCC)COC(=O)CCCCCCCCCCCCCCC/C=C\CCCCCCCCCC. The Bertz CT molecular complexity index is 1620. The number of rotatable bonds is 62. The first kappa shape index (κ1) is 77.1. The van der Waals surface area contributed by atoms with E-state index in [0.717, 1.165) is 135 Å². The molecule has 0 spiro atoms. The number of esters is 3. The van der Waals surface area contributed by atoms with Gasteiger partial charge in [0.15, 0.2) is 6.10 Å². The Labute approximate surface area is 501 Å². The van der Waals surface area contributed by atoms with E-state index >= 15 is 0 Å². The van der Waals surface area contributed by atoms with Crippen LogP contribution in [0.1, 0.15) is 329 Å². The largest absolute Gasteiger partial charge is 0.462 e. The van der Waals surface area contributed by atoms with Crippen molar-refractivity contribution in [3.63, 3.8) is 0 Å². The van der Waals surface area contributed by atoms with Crippen LogP contribution in [0.15, 0.2) is 109 Å². The molecule has 0 fully saturated rings. The van der Waals surface area contributed by atoms with Crippen LogP contribution in [-0.4, -0.2) is 37.2 Å². The van der Waals surface area contributed by atoms with E-state index in [9.17, 15) is 14.4 Å². The Morgan fingerprint density at radius 2 is 0.481 bits per heavy atom. The van der Waals surface area contributed by atoms with Gasteiger partial charge in [-0.05, 0) is 128 Å². The van der Waals surface area contributed by atoms with Crippen molar-refractivity contribution in [2.75, 3.05) is 13.2 Å². The van der Waals surface area contributed by atoms with Gasteiger partial charge in [-0.25, -0.2) is 0 Å². The number of carbonyl (C=O) groups excluding carboxylic acids is 3. The van der Waals surface area contributed by atoms with E-state index in [-0.39, 0.29) is 31.1 Å². The van der Waals surface area contributed by atoms with Crippen molar-refractivity contribution in [2.24, 2.45) is 0 Å². The van der Waals surface area contributed by atoms with Gasteiger partial charge in [-0.15, -0.1) is 0 Å². The molecule has 0 aromatic carbocycles. The fourth-order valence-corrected chi connectivity index (χ4v) is 9.59. The van der Waals surface area contributed by atoms with Crippen LogP contribution in [-0.2, 0) is 28.6 Å². The van der Waals surface area contributed by atoms with E-state index in [1.54, 1.807) is 0 Å². The smallest absolute Gasteiger partial charge is 0.306 e. The van der Waals surface area contributed by atoms with Crippen molar-refractivity contribution < 1.29 is 28.6 Å². The van der Waals surface area contributed by atoms with Gasteiger partial charge in [0, 0.05) is 19.3 Å². The molecule has 0 aromatic heterocycles. The summed E-state index contributed by atoms with van der Waals surface area (Å²) in [6.07, 6.45) is 93.9. The third-order valence-corrected chi connectivity index (χ3v) is 14.7. The lowest BCUT2D eigenvalue weighted by atomic mass is 10.0. The van der Waals surface area contributed by atoms with Gasteiger partial charge in [0.05, 0.1) is 0 Å². The third kappa shape index (κ3) is 66.8. The normalized spacial score (nSPS) is 12.8. The van der Waals surface area contributed by atoms with Crippen LogP contribution in [0, 0.1) is 0 Å². The van der Waals surface area contributed by atoms with Crippen molar-refractivity contribution in [1.82, 2.24) is 0 Å². The van der Waals surface area contributed by atoms with Gasteiger partial charge in [0.2, 0.25) is 0 Å². The quantitative estimate of drug-likeness (QED) is 0.0261. The van der Waals surface area contributed by atoms with Gasteiger partial charge < -0.3 is 14.2 Å². The molecule has 0 bridgehead atoms. The fourth-order valence-electron chi connectivity index (χ4n) is 9.59. The Hall–Kier alpha value is -3.93. The Kier molecular flexibility index (Phi) is 65.2. The van der Waals surface area contributed by atoms with Gasteiger partial charge in [0.1, 0.15) is 13.2 Å². The minimum absolute atomic E-state index is 0.0930. The monoisotopic (exact) mass is 1120 g/mol. The van der Waals surface area contributed by atoms with Crippen LogP contribution in [0.25, 0.3) is 0 Å². The number of unbranched alkanes of at least 4 members (excludes halogenated alkanes) is 33. The van der Waals surface area contributed by atoms with E-state index < -0.39 is 6.10 Å². The lowest BCUT2D eigenvalue weighted by Crippen LogP contribution is -2.30. The highest BCUT2D eigenvalue weighted by atomic mass is 16.6. The van der Waals surface area contributed by atoms with Crippen molar-refractivity contribution in [1.29, 1.82) is 0 Å². The first-order valence-electron chi connectivity index (χ1n) is 34.4. The summed E-state index contributed by atoms with van der Waals surface area (Å²) in [4.78, 5) is 38.4. The molecule has 0 heterocycles. The third-order valence-electron chi connectivity index (χ3n) is 14.7. The van der Waals surface area contributed by atoms with E-state index in [1.807, 2.05) is 0 Å². The van der Waals surface area contributed by atoms with E-state index in [2.05, 4.69) is 130 Å². The average Bonchev–Trinajstić information content (AvgIpc) is 3.47. The van der Waals surface area contributed by atoms with Crippen LogP contribution in [0.5, 0.6) is 0 Å². The van der Waals surface area contributed by atoms with Crippen LogP contribution >= 0.6 is 0 Å². The van der Waals surface area contributed by atoms with E-state index in [0.29, 0.717) is 19.3 Å². The van der Waals surface area contributed by atoms with Gasteiger partial charge in [-0.2, -0.15) is 0 Å². The maximum atomic E-state index is 12.9. The lowest BCUT2D eigenvalue weighted by molar-refractivity contribution is -0.167. The summed E-state index contributed by atoms with van der Waals surface area (Å²) < 4.78 is 16.9. The second-order valence-electron chi connectivity index (χ2n) is 22.7. The molecule has 6 nitrogen and oxygen atoms in total. The molecule has 0 radical (unpaired) electrons. The highest BCUT2D eigenvalue weighted by Crippen LogP contribution is 2.16. The first-order valence-corrected chi connectivity index (χ1v) is 34.4. The summed E-state index contributed by atoms with van der Waals surface area (Å²) >= 11 is 0. The van der Waals surface area contributed by atoms with Crippen molar-refractivity contribution >= 4 is 17.9 Å². The molecule has 1 atom stereocenters. The summed E-state index contributed by atoms with van der Waals surface area (Å²) in [5.41, 5.74) is 0. The molecular weight excluding hydrogens is 997 g/mol. The molecule has 0 saturated carbocycles. The number of carbonyl (C=O) groups is 3. The average molecular weight is 1130 g/mol. The number of ether oxygens (including phenoxy) is 3. The van der Waals surface area contributed by atoms with Crippen molar-refractivity contribution in [3.05, 3.63) is 109 Å². The van der Waals surface area contributed by atoms with Gasteiger partial charge in [0.25, 0.3) is 0 Å². The molecule has 0 saturated heterocycles. The van der Waals surface area contributed by atoms with Crippen LogP contribution in [0.3, 0.4) is 0 Å². The van der Waals surface area contributed by atoms with Crippen molar-refractivity contribution in [3.8, 4) is 0 Å². The minimum atomic E-state index is -0.801. The zero-order chi connectivity index (χ0) is 58.5. The van der Waals surface area contributed by atoms with Gasteiger partial charge >= 0.3 is 17.9 Å². The van der Waals surface area contributed by atoms with Crippen LogP contribution in [0.2, 0.25) is 0 Å². The number of allylic oxidation sites excluding steroid dienone is 18. The van der Waals surface area contributed by atoms with Crippen LogP contribution in [0.4, 0.5) is 0 Å². The topological polar surface area (TPSA) is 78.9 Å². The van der Waals surface area contributed by atoms with Crippen molar-refractivity contribution in [2.45, 2.75) is 335 Å². The Morgan fingerprint density at radius 3 is 0.790 bits per heavy atom. The number of hydrogen-bond donors (Lipinski definition) is 0. The Balaban J connectivity index is 4.39. The molecule has 0 aliphatic heterocycles. The summed E-state index contributed by atoms with van der Waals surface area (Å²) in [6.45, 7) is 6.50. The minimum Gasteiger partial charge on any atom is -0.462 e. The summed E-state index contributed by atoms with van der Waals surface area (Å²) in [5.74, 6) is -0.922. The highest BCUT2D eigenvalue weighted by molar-refractivity contribution is 5.71. The molecule has 0 amide bonds. The summed E-state index contributed by atoms with van der Waals surface area (Å²) in [6, 6.07) is 0. The lowest BCUT2D eigenvalue weighted by Gasteiger charge is -2.18. The molecule has 0 rings (SSSR count). The predicted octanol–water partition coefficient (Wildman–Crippen LogP) is 23.8. The summed E-state index contributed by atoms with van der Waals surface area (Å²) in [5, 5.41) is 0. The summed E-state index contributed by atoms with van der Waals surface area (Å²) in [7, 11) is 0. The first-order chi connectivity index (χ1) is 40.0. The van der Waals surface area contributed by atoms with E-state index in [1.165, 1.54) is 154 Å². The standard InChI is InChI=1S/C75H128O6/c1-4-7-10-13-16-19-22-25-28-30-32-34-36-37-39-40-42-44-47-50-53-56-59-62-65-68-74(77)80-71-72(70-79-73(76)67-64-61-58-55-52-49-46-27-24-21-18-15-12-9-6-3)81-75(78)69-66-63-60-57-54-51-48-45-43-41-38-35-33-31-29-26-23-20-17-14-11-8-5-2/h8,11,17-18,20-21,26-27,29-30,32-33,35,41,43,46,48,51,72H,4-7,9-10,12-16,19,22-25,28,31,34,36-40,42,44-45,47,49-50,52-71H2,1-3H3/b11-8-,20-17-,21-18-,29-26-,32-30-,35-33-,43-41-,46-27-,51-48-. The second-order valence-corrected chi connectivity index (χ2v) is 22.7. The molecule has 0 aliphatic rings. The molecule has 81 heavy (non-hydrogen) atoms. The zero-order valence-corrected chi connectivity index (χ0v) is 53.3. The van der Waals surface area contributed by atoms with Crippen LogP contribution < -0.4 is 0 Å². The van der Waals surface area contributed by atoms with E-state index in [4.69, 9.17) is 14.2 Å². The van der Waals surface area contributed by atoms with Gasteiger partial charge in [-0.1, -0.05) is 291 Å². The zero-order valence-electron chi connectivity index (χ0n) is 53.3. The molecule has 0 N–H and O–H groups in total. The molecule has 6 heteroatoms. The maximum absolute atomic E-state index is 12.9. The molecule has 464 valence electrons.